The van der Waals surface area contributed by atoms with Crippen LogP contribution in [0.5, 0.6) is 0 Å². The van der Waals surface area contributed by atoms with Gasteiger partial charge in [-0.15, -0.1) is 0 Å². The molecular formula is C19H30N2O8S. The summed E-state index contributed by atoms with van der Waals surface area (Å²) >= 11 is 0.962. The van der Waals surface area contributed by atoms with Crippen LogP contribution in [0.15, 0.2) is 12.2 Å². The number of ether oxygens (including phenoxy) is 4. The third-order valence-corrected chi connectivity index (χ3v) is 5.06. The molecule has 11 heteroatoms. The monoisotopic (exact) mass is 446 g/mol. The van der Waals surface area contributed by atoms with Gasteiger partial charge in [-0.2, -0.15) is 0 Å². The lowest BCUT2D eigenvalue weighted by Crippen LogP contribution is -2.58. The normalized spacial score (nSPS) is 23.0. The zero-order valence-electron chi connectivity index (χ0n) is 17.9. The summed E-state index contributed by atoms with van der Waals surface area (Å²) in [6.07, 6.45) is 1.44. The number of thioether (sulfide) groups is 1. The molecule has 0 bridgehead atoms. The summed E-state index contributed by atoms with van der Waals surface area (Å²) in [7, 11) is 2.65. The molecule has 1 heterocycles. The van der Waals surface area contributed by atoms with E-state index in [-0.39, 0.29) is 43.0 Å². The smallest absolute Gasteiger partial charge is 0.330 e. The number of carbonyl (C=O) groups is 4. The van der Waals surface area contributed by atoms with Crippen LogP contribution in [0, 0.1) is 5.41 Å². The first-order valence-electron chi connectivity index (χ1n) is 9.37. The van der Waals surface area contributed by atoms with E-state index < -0.39 is 23.5 Å². The quantitative estimate of drug-likeness (QED) is 0.277. The van der Waals surface area contributed by atoms with Gasteiger partial charge in [0.25, 0.3) is 5.97 Å². The fourth-order valence-corrected chi connectivity index (χ4v) is 2.96. The molecule has 0 saturated carbocycles. The van der Waals surface area contributed by atoms with Gasteiger partial charge in [-0.05, 0) is 6.08 Å². The van der Waals surface area contributed by atoms with E-state index >= 15 is 0 Å². The van der Waals surface area contributed by atoms with E-state index in [0.29, 0.717) is 5.75 Å². The number of esters is 1. The first-order chi connectivity index (χ1) is 14.0. The number of carbonyl (C=O) groups excluding carboxylic acids is 4. The molecule has 1 rings (SSSR count). The first-order valence-corrected chi connectivity index (χ1v) is 10.4. The standard InChI is InChI=1S/C19H30N2O8S/c1-18(2)12-28-19(3,27-5)29-16(18)17(25)21-9-8-13(22)20-10-11-30-15(24)7-6-14(23)26-4/h6-7,16H,8-12H2,1-5H3,(H,20,22)(H,21,25)/b7-6+/t16-,19?/m0/s1. The number of hydrogen-bond donors (Lipinski definition) is 2. The van der Waals surface area contributed by atoms with Crippen molar-refractivity contribution in [2.45, 2.75) is 39.3 Å². The molecule has 2 N–H and O–H groups in total. The molecule has 170 valence electrons. The van der Waals surface area contributed by atoms with Crippen LogP contribution in [0.1, 0.15) is 27.2 Å². The Morgan fingerprint density at radius 1 is 1.10 bits per heavy atom. The van der Waals surface area contributed by atoms with Gasteiger partial charge in [0.05, 0.1) is 13.7 Å². The maximum Gasteiger partial charge on any atom is 0.330 e. The summed E-state index contributed by atoms with van der Waals surface area (Å²) in [4.78, 5) is 46.8. The fourth-order valence-electron chi connectivity index (χ4n) is 2.39. The molecular weight excluding hydrogens is 416 g/mol. The van der Waals surface area contributed by atoms with Crippen molar-refractivity contribution in [3.63, 3.8) is 0 Å². The van der Waals surface area contributed by atoms with E-state index in [1.54, 1.807) is 6.92 Å². The minimum absolute atomic E-state index is 0.0811. The zero-order chi connectivity index (χ0) is 22.8. The molecule has 0 aromatic heterocycles. The molecule has 1 aliphatic rings. The zero-order valence-corrected chi connectivity index (χ0v) is 18.8. The first kappa shape index (κ1) is 26.1. The van der Waals surface area contributed by atoms with Crippen molar-refractivity contribution in [2.75, 3.05) is 39.7 Å². The van der Waals surface area contributed by atoms with Crippen LogP contribution in [0.4, 0.5) is 0 Å². The molecule has 1 unspecified atom stereocenters. The number of methoxy groups -OCH3 is 2. The minimum Gasteiger partial charge on any atom is -0.466 e. The predicted octanol–water partition coefficient (Wildman–Crippen LogP) is 0.360. The topological polar surface area (TPSA) is 129 Å². The van der Waals surface area contributed by atoms with Crippen LogP contribution in [0.3, 0.4) is 0 Å². The maximum atomic E-state index is 12.5. The SMILES string of the molecule is COC(=O)/C=C/C(=O)SCCNC(=O)CCNC(=O)[C@@H]1OC(C)(OC)OCC1(C)C. The third-order valence-electron chi connectivity index (χ3n) is 4.23. The van der Waals surface area contributed by atoms with Gasteiger partial charge in [0, 0.05) is 50.8 Å². The van der Waals surface area contributed by atoms with Gasteiger partial charge >= 0.3 is 5.97 Å². The summed E-state index contributed by atoms with van der Waals surface area (Å²) in [6.45, 7) is 5.97. The summed E-state index contributed by atoms with van der Waals surface area (Å²) in [5.74, 6) is -2.17. The molecule has 2 amide bonds. The third kappa shape index (κ3) is 8.82. The number of amides is 2. The predicted molar refractivity (Wildman–Crippen MR) is 109 cm³/mol. The molecule has 10 nitrogen and oxygen atoms in total. The van der Waals surface area contributed by atoms with Crippen LogP contribution < -0.4 is 10.6 Å². The van der Waals surface area contributed by atoms with Gasteiger partial charge in [-0.1, -0.05) is 25.6 Å². The highest BCUT2D eigenvalue weighted by atomic mass is 32.2. The highest BCUT2D eigenvalue weighted by Gasteiger charge is 2.48. The molecule has 0 aliphatic carbocycles. The van der Waals surface area contributed by atoms with E-state index in [1.165, 1.54) is 14.2 Å². The van der Waals surface area contributed by atoms with Gasteiger partial charge in [-0.3, -0.25) is 14.4 Å². The summed E-state index contributed by atoms with van der Waals surface area (Å²) in [6, 6.07) is 0. The Morgan fingerprint density at radius 2 is 1.80 bits per heavy atom. The van der Waals surface area contributed by atoms with Crippen LogP contribution in [-0.4, -0.2) is 74.6 Å². The second kappa shape index (κ2) is 12.0. The van der Waals surface area contributed by atoms with Crippen molar-refractivity contribution < 1.29 is 38.1 Å². The van der Waals surface area contributed by atoms with Crippen molar-refractivity contribution in [1.82, 2.24) is 10.6 Å². The number of rotatable bonds is 10. The average molecular weight is 447 g/mol. The van der Waals surface area contributed by atoms with E-state index in [9.17, 15) is 19.2 Å². The van der Waals surface area contributed by atoms with Crippen molar-refractivity contribution in [1.29, 1.82) is 0 Å². The van der Waals surface area contributed by atoms with Crippen molar-refractivity contribution in [2.24, 2.45) is 5.41 Å². The molecule has 0 spiro atoms. The molecule has 0 radical (unpaired) electrons. The highest BCUT2D eigenvalue weighted by Crippen LogP contribution is 2.35. The molecule has 0 aromatic rings. The lowest BCUT2D eigenvalue weighted by atomic mass is 9.86. The Labute approximate surface area is 180 Å². The Hall–Kier alpha value is -1.95. The fraction of sp³-hybridized carbons (Fsp3) is 0.684. The summed E-state index contributed by atoms with van der Waals surface area (Å²) < 4.78 is 20.7. The summed E-state index contributed by atoms with van der Waals surface area (Å²) in [5.41, 5.74) is -0.559. The molecule has 2 atom stereocenters. The Balaban J connectivity index is 2.29. The number of hydrogen-bond acceptors (Lipinski definition) is 9. The largest absolute Gasteiger partial charge is 0.466 e. The maximum absolute atomic E-state index is 12.5. The molecule has 0 aromatic carbocycles. The highest BCUT2D eigenvalue weighted by molar-refractivity contribution is 8.14. The van der Waals surface area contributed by atoms with E-state index in [2.05, 4.69) is 15.4 Å². The van der Waals surface area contributed by atoms with Gasteiger partial charge in [-0.25, -0.2) is 4.79 Å². The van der Waals surface area contributed by atoms with Gasteiger partial charge < -0.3 is 29.6 Å². The van der Waals surface area contributed by atoms with E-state index in [4.69, 9.17) is 14.2 Å². The minimum atomic E-state index is -1.30. The second-order valence-corrected chi connectivity index (χ2v) is 8.36. The lowest BCUT2D eigenvalue weighted by Gasteiger charge is -2.44. The lowest BCUT2D eigenvalue weighted by molar-refractivity contribution is -0.413. The van der Waals surface area contributed by atoms with Crippen LogP contribution in [0.2, 0.25) is 0 Å². The average Bonchev–Trinajstić information content (AvgIpc) is 2.71. The van der Waals surface area contributed by atoms with Crippen LogP contribution in [0.25, 0.3) is 0 Å². The number of nitrogens with one attached hydrogen (secondary N) is 2. The van der Waals surface area contributed by atoms with E-state index in [0.717, 1.165) is 23.9 Å². The molecule has 1 saturated heterocycles. The van der Waals surface area contributed by atoms with Crippen LogP contribution >= 0.6 is 11.8 Å². The summed E-state index contributed by atoms with van der Waals surface area (Å²) in [5, 5.41) is 5.03. The Bertz CT molecular complexity index is 667. The van der Waals surface area contributed by atoms with E-state index in [1.807, 2.05) is 13.8 Å². The molecule has 30 heavy (non-hydrogen) atoms. The molecule has 1 aliphatic heterocycles. The van der Waals surface area contributed by atoms with Gasteiger partial charge in [0.2, 0.25) is 16.9 Å². The van der Waals surface area contributed by atoms with Crippen LogP contribution in [-0.2, 0) is 38.1 Å². The van der Waals surface area contributed by atoms with Gasteiger partial charge in [0.1, 0.15) is 6.10 Å². The van der Waals surface area contributed by atoms with Crippen molar-refractivity contribution in [3.8, 4) is 0 Å². The Kier molecular flexibility index (Phi) is 10.5. The van der Waals surface area contributed by atoms with Crippen molar-refractivity contribution in [3.05, 3.63) is 12.2 Å². The van der Waals surface area contributed by atoms with Crippen molar-refractivity contribution >= 4 is 34.7 Å². The Morgan fingerprint density at radius 3 is 2.43 bits per heavy atom. The molecule has 1 fully saturated rings. The second-order valence-electron chi connectivity index (χ2n) is 7.26. The van der Waals surface area contributed by atoms with Gasteiger partial charge in [0.15, 0.2) is 0 Å².